The molecular weight excluding hydrogens is 414 g/mol. The average molecular weight is 437 g/mol. The van der Waals surface area contributed by atoms with Crippen LogP contribution in [0.2, 0.25) is 0 Å². The lowest BCUT2D eigenvalue weighted by Crippen LogP contribution is -2.38. The highest BCUT2D eigenvalue weighted by Gasteiger charge is 2.18. The van der Waals surface area contributed by atoms with Crippen molar-refractivity contribution in [2.24, 2.45) is 0 Å². The molecule has 0 bridgehead atoms. The van der Waals surface area contributed by atoms with Crippen molar-refractivity contribution >= 4 is 22.7 Å². The molecule has 4 rings (SSSR count). The zero-order chi connectivity index (χ0) is 22.7. The summed E-state index contributed by atoms with van der Waals surface area (Å²) in [6.07, 6.45) is -1.17. The molecule has 1 aliphatic rings. The third-order valence-corrected chi connectivity index (χ3v) is 5.47. The Kier molecular flexibility index (Phi) is 6.36. The molecular formula is C24H23NO7. The summed E-state index contributed by atoms with van der Waals surface area (Å²) in [6.45, 7) is 2.83. The number of ether oxygens (including phenoxy) is 2. The number of carboxylic acids is 1. The van der Waals surface area contributed by atoms with Crippen molar-refractivity contribution < 1.29 is 34.4 Å². The molecule has 0 radical (unpaired) electrons. The lowest BCUT2D eigenvalue weighted by Gasteiger charge is -2.25. The lowest BCUT2D eigenvalue weighted by molar-refractivity contribution is -0.0209. The number of fused-ring (bicyclic) bond motifs is 1. The van der Waals surface area contributed by atoms with E-state index in [2.05, 4.69) is 0 Å². The van der Waals surface area contributed by atoms with Crippen LogP contribution in [0.15, 0.2) is 54.6 Å². The Labute approximate surface area is 184 Å². The highest BCUT2D eigenvalue weighted by molar-refractivity contribution is 5.96. The predicted molar refractivity (Wildman–Crippen MR) is 116 cm³/mol. The number of carboxylic acid groups (broad SMARTS) is 1. The van der Waals surface area contributed by atoms with Gasteiger partial charge in [-0.15, -0.1) is 0 Å². The second-order valence-corrected chi connectivity index (χ2v) is 7.59. The van der Waals surface area contributed by atoms with E-state index in [-0.39, 0.29) is 23.6 Å². The molecule has 3 aromatic rings. The number of carbonyl (C=O) groups is 2. The van der Waals surface area contributed by atoms with E-state index in [1.54, 1.807) is 24.3 Å². The number of hydrogen-bond donors (Lipinski definition) is 3. The monoisotopic (exact) mass is 437 g/mol. The summed E-state index contributed by atoms with van der Waals surface area (Å²) in [4.78, 5) is 25.5. The number of esters is 1. The number of nitrogens with zero attached hydrogens (tertiary/aromatic N) is 1. The van der Waals surface area contributed by atoms with Gasteiger partial charge in [0, 0.05) is 18.7 Å². The van der Waals surface area contributed by atoms with Crippen molar-refractivity contribution in [1.29, 1.82) is 0 Å². The normalized spacial score (nSPS) is 15.4. The smallest absolute Gasteiger partial charge is 0.339 e. The van der Waals surface area contributed by atoms with E-state index >= 15 is 0 Å². The van der Waals surface area contributed by atoms with Crippen molar-refractivity contribution in [3.05, 3.63) is 76.9 Å². The number of phenols is 1. The van der Waals surface area contributed by atoms with Crippen LogP contribution >= 0.6 is 0 Å². The number of hydrogen-bond acceptors (Lipinski definition) is 7. The van der Waals surface area contributed by atoms with E-state index in [0.29, 0.717) is 48.2 Å². The molecule has 0 saturated carbocycles. The third kappa shape index (κ3) is 4.72. The number of benzene rings is 3. The minimum atomic E-state index is -1.17. The molecule has 1 aliphatic heterocycles. The number of aromatic carboxylic acids is 1. The molecule has 8 heteroatoms. The Balaban J connectivity index is 1.55. The van der Waals surface area contributed by atoms with Gasteiger partial charge in [-0.05, 0) is 52.7 Å². The Bertz CT molecular complexity index is 1140. The van der Waals surface area contributed by atoms with Gasteiger partial charge in [-0.2, -0.15) is 0 Å². The topological polar surface area (TPSA) is 117 Å². The van der Waals surface area contributed by atoms with Crippen LogP contribution in [0, 0.1) is 0 Å². The molecule has 32 heavy (non-hydrogen) atoms. The zero-order valence-corrected chi connectivity index (χ0v) is 17.2. The number of carbonyl (C=O) groups excluding carboxylic acids is 1. The van der Waals surface area contributed by atoms with Crippen molar-refractivity contribution in [2.75, 3.05) is 33.0 Å². The van der Waals surface area contributed by atoms with Crippen LogP contribution < -0.4 is 0 Å². The van der Waals surface area contributed by atoms with E-state index in [0.717, 1.165) is 0 Å². The molecule has 3 N–H and O–H groups in total. The van der Waals surface area contributed by atoms with Gasteiger partial charge in [0.05, 0.1) is 24.3 Å². The second kappa shape index (κ2) is 9.35. The summed E-state index contributed by atoms with van der Waals surface area (Å²) in [5, 5.41) is 31.6. The molecule has 8 nitrogen and oxygen atoms in total. The fourth-order valence-electron chi connectivity index (χ4n) is 3.60. The maximum atomic E-state index is 12.5. The van der Waals surface area contributed by atoms with Crippen molar-refractivity contribution in [3.63, 3.8) is 0 Å². The first-order valence-corrected chi connectivity index (χ1v) is 10.2. The van der Waals surface area contributed by atoms with Crippen molar-refractivity contribution in [3.8, 4) is 5.75 Å². The fraction of sp³-hybridized carbons (Fsp3) is 0.250. The van der Waals surface area contributed by atoms with Crippen LogP contribution in [0.4, 0.5) is 0 Å². The Morgan fingerprint density at radius 2 is 1.66 bits per heavy atom. The second-order valence-electron chi connectivity index (χ2n) is 7.59. The number of phenolic OH excluding ortho intramolecular Hbond substituents is 1. The lowest BCUT2D eigenvalue weighted by atomic mass is 9.96. The minimum absolute atomic E-state index is 0.101. The number of aliphatic hydroxyl groups excluding tert-OH is 1. The van der Waals surface area contributed by atoms with Crippen LogP contribution in [0.5, 0.6) is 5.75 Å². The van der Waals surface area contributed by atoms with Gasteiger partial charge in [-0.25, -0.2) is 9.59 Å². The molecule has 3 aromatic carbocycles. The molecule has 1 saturated heterocycles. The molecule has 166 valence electrons. The molecule has 1 atom stereocenters. The first-order chi connectivity index (χ1) is 15.4. The van der Waals surface area contributed by atoms with Gasteiger partial charge in [0.15, 0.2) is 0 Å². The van der Waals surface area contributed by atoms with Gasteiger partial charge in [0.25, 0.3) is 0 Å². The summed E-state index contributed by atoms with van der Waals surface area (Å²) >= 11 is 0. The maximum absolute atomic E-state index is 12.5. The maximum Gasteiger partial charge on any atom is 0.339 e. The zero-order valence-electron chi connectivity index (χ0n) is 17.2. The summed E-state index contributed by atoms with van der Waals surface area (Å²) < 4.78 is 10.7. The molecule has 0 aromatic heterocycles. The van der Waals surface area contributed by atoms with Crippen LogP contribution in [0.25, 0.3) is 10.8 Å². The van der Waals surface area contributed by atoms with Gasteiger partial charge < -0.3 is 24.8 Å². The summed E-state index contributed by atoms with van der Waals surface area (Å²) in [6, 6.07) is 13.9. The molecule has 1 heterocycles. The Hall–Kier alpha value is -3.46. The summed E-state index contributed by atoms with van der Waals surface area (Å²) in [7, 11) is 0. The minimum Gasteiger partial charge on any atom is -0.508 e. The highest BCUT2D eigenvalue weighted by atomic mass is 16.5. The summed E-state index contributed by atoms with van der Waals surface area (Å²) in [5.74, 6) is -1.62. The van der Waals surface area contributed by atoms with Crippen molar-refractivity contribution in [1.82, 2.24) is 4.90 Å². The highest BCUT2D eigenvalue weighted by Crippen LogP contribution is 2.33. The van der Waals surface area contributed by atoms with Crippen LogP contribution in [0.1, 0.15) is 37.9 Å². The quantitative estimate of drug-likeness (QED) is 0.504. The molecule has 0 amide bonds. The van der Waals surface area contributed by atoms with Crippen LogP contribution in [-0.2, 0) is 9.47 Å². The first kappa shape index (κ1) is 21.8. The molecule has 1 unspecified atom stereocenters. The SMILES string of the molecule is O=C(O)c1ccc(C(O)c2cc3cc(C(=O)OCN4CCOCC4)ccc3cc2O)cc1. The van der Waals surface area contributed by atoms with Crippen molar-refractivity contribution in [2.45, 2.75) is 6.10 Å². The third-order valence-electron chi connectivity index (χ3n) is 5.47. The Morgan fingerprint density at radius 3 is 2.34 bits per heavy atom. The molecule has 0 spiro atoms. The molecule has 0 aliphatic carbocycles. The van der Waals surface area contributed by atoms with E-state index in [1.165, 1.54) is 30.3 Å². The van der Waals surface area contributed by atoms with Gasteiger partial charge in [0.1, 0.15) is 18.6 Å². The fourth-order valence-corrected chi connectivity index (χ4v) is 3.60. The molecule has 1 fully saturated rings. The number of rotatable bonds is 6. The average Bonchev–Trinajstić information content (AvgIpc) is 2.82. The van der Waals surface area contributed by atoms with E-state index < -0.39 is 18.0 Å². The number of aromatic hydroxyl groups is 1. The largest absolute Gasteiger partial charge is 0.508 e. The number of aliphatic hydroxyl groups is 1. The van der Waals surface area contributed by atoms with Gasteiger partial charge in [-0.3, -0.25) is 4.90 Å². The van der Waals surface area contributed by atoms with Crippen LogP contribution in [0.3, 0.4) is 0 Å². The number of morpholine rings is 1. The van der Waals surface area contributed by atoms with E-state index in [1.807, 2.05) is 4.90 Å². The van der Waals surface area contributed by atoms with Gasteiger partial charge >= 0.3 is 11.9 Å². The standard InChI is InChI=1S/C24H23NO7/c26-21-13-17-5-6-18(24(30)32-14-25-7-9-31-10-8-25)11-19(17)12-20(21)22(27)15-1-3-16(4-2-15)23(28)29/h1-6,11-13,22,26-27H,7-10,14H2,(H,28,29). The van der Waals surface area contributed by atoms with E-state index in [9.17, 15) is 19.8 Å². The van der Waals surface area contributed by atoms with E-state index in [4.69, 9.17) is 14.6 Å². The van der Waals surface area contributed by atoms with Gasteiger partial charge in [0.2, 0.25) is 0 Å². The predicted octanol–water partition coefficient (Wildman–Crippen LogP) is 2.77. The van der Waals surface area contributed by atoms with Gasteiger partial charge in [-0.1, -0.05) is 18.2 Å². The summed E-state index contributed by atoms with van der Waals surface area (Å²) in [5.41, 5.74) is 1.15. The Morgan fingerprint density at radius 1 is 0.969 bits per heavy atom. The van der Waals surface area contributed by atoms with Crippen LogP contribution in [-0.4, -0.2) is 65.2 Å². The first-order valence-electron chi connectivity index (χ1n) is 10.2.